The van der Waals surface area contributed by atoms with Crippen molar-refractivity contribution in [2.75, 3.05) is 0 Å². The summed E-state index contributed by atoms with van der Waals surface area (Å²) in [6, 6.07) is 2.19. The predicted molar refractivity (Wildman–Crippen MR) is 78.8 cm³/mol. The van der Waals surface area contributed by atoms with Crippen molar-refractivity contribution in [3.8, 4) is 0 Å². The Kier molecular flexibility index (Phi) is 4.22. The van der Waals surface area contributed by atoms with Crippen molar-refractivity contribution in [1.29, 1.82) is 0 Å². The van der Waals surface area contributed by atoms with Crippen molar-refractivity contribution < 1.29 is 30.8 Å². The summed E-state index contributed by atoms with van der Waals surface area (Å²) >= 11 is 0. The van der Waals surface area contributed by atoms with E-state index >= 15 is 0 Å². The Balaban J connectivity index is 1.88. The summed E-state index contributed by atoms with van der Waals surface area (Å²) in [6.45, 7) is 0. The van der Waals surface area contributed by atoms with Gasteiger partial charge in [0, 0.05) is 11.5 Å². The number of ketones is 1. The largest absolute Gasteiger partial charge is 0.419 e. The lowest BCUT2D eigenvalue weighted by molar-refractivity contribution is -0.140. The normalized spacial score (nSPS) is 29.2. The molecule has 24 heavy (non-hydrogen) atoms. The molecule has 2 fully saturated rings. The highest BCUT2D eigenvalue weighted by atomic mass is 32.2. The van der Waals surface area contributed by atoms with E-state index in [0.29, 0.717) is 25.0 Å². The molecule has 1 aromatic rings. The van der Waals surface area contributed by atoms with Crippen LogP contribution in [0, 0.1) is 11.7 Å². The van der Waals surface area contributed by atoms with Crippen LogP contribution >= 0.6 is 0 Å². The number of hydrogen-bond donors (Lipinski definition) is 0. The molecule has 3 rings (SSSR count). The molecule has 1 aromatic carbocycles. The maximum atomic E-state index is 13.4. The van der Waals surface area contributed by atoms with E-state index in [-0.39, 0.29) is 18.4 Å². The van der Waals surface area contributed by atoms with E-state index in [1.54, 1.807) is 0 Å². The topological polar surface area (TPSA) is 51.2 Å². The fraction of sp³-hybridized carbons (Fsp3) is 0.562. The van der Waals surface area contributed by atoms with E-state index in [0.717, 1.165) is 12.5 Å². The van der Waals surface area contributed by atoms with Crippen LogP contribution in [0.2, 0.25) is 0 Å². The molecule has 0 saturated carbocycles. The molecule has 132 valence electrons. The summed E-state index contributed by atoms with van der Waals surface area (Å²) in [6.07, 6.45) is -2.86. The highest BCUT2D eigenvalue weighted by molar-refractivity contribution is 7.92. The third-order valence-electron chi connectivity index (χ3n) is 5.00. The Hall–Kier alpha value is -1.44. The second-order valence-electron chi connectivity index (χ2n) is 6.49. The number of sulfone groups is 1. The molecular formula is C16H16F4O3S. The minimum Gasteiger partial charge on any atom is -0.294 e. The molecule has 2 saturated heterocycles. The number of hydrogen-bond acceptors (Lipinski definition) is 3. The van der Waals surface area contributed by atoms with E-state index in [2.05, 4.69) is 0 Å². The maximum Gasteiger partial charge on any atom is 0.419 e. The van der Waals surface area contributed by atoms with Crippen LogP contribution in [0.4, 0.5) is 17.6 Å². The monoisotopic (exact) mass is 364 g/mol. The van der Waals surface area contributed by atoms with E-state index in [9.17, 15) is 30.8 Å². The minimum absolute atomic E-state index is 0.135. The fourth-order valence-corrected chi connectivity index (χ4v) is 6.29. The van der Waals surface area contributed by atoms with E-state index in [1.807, 2.05) is 0 Å². The van der Waals surface area contributed by atoms with E-state index in [1.165, 1.54) is 0 Å². The quantitative estimate of drug-likeness (QED) is 0.593. The lowest BCUT2D eigenvalue weighted by Gasteiger charge is -2.38. The zero-order valence-corrected chi connectivity index (χ0v) is 13.5. The Bertz CT molecular complexity index is 750. The second-order valence-corrected chi connectivity index (χ2v) is 9.00. The summed E-state index contributed by atoms with van der Waals surface area (Å²) in [7, 11) is -3.24. The van der Waals surface area contributed by atoms with Gasteiger partial charge in [-0.05, 0) is 43.9 Å². The van der Waals surface area contributed by atoms with Crippen LogP contribution in [0.15, 0.2) is 18.2 Å². The van der Waals surface area contributed by atoms with Crippen LogP contribution in [0.25, 0.3) is 0 Å². The zero-order chi connectivity index (χ0) is 17.7. The number of halogens is 4. The zero-order valence-electron chi connectivity index (χ0n) is 12.6. The Morgan fingerprint density at radius 1 is 1.08 bits per heavy atom. The van der Waals surface area contributed by atoms with Crippen LogP contribution in [-0.2, 0) is 16.0 Å². The van der Waals surface area contributed by atoms with Crippen LogP contribution in [0.5, 0.6) is 0 Å². The summed E-state index contributed by atoms with van der Waals surface area (Å²) in [5, 5.41) is -1.19. The van der Waals surface area contributed by atoms with Crippen molar-refractivity contribution in [1.82, 2.24) is 0 Å². The van der Waals surface area contributed by atoms with Gasteiger partial charge in [0.1, 0.15) is 5.82 Å². The molecule has 2 unspecified atom stereocenters. The summed E-state index contributed by atoms with van der Waals surface area (Å²) < 4.78 is 76.2. The summed E-state index contributed by atoms with van der Waals surface area (Å²) in [4.78, 5) is 12.5. The van der Waals surface area contributed by atoms with Gasteiger partial charge < -0.3 is 0 Å². The number of carbonyl (C=O) groups is 1. The maximum absolute atomic E-state index is 13.4. The molecule has 2 aliphatic rings. The minimum atomic E-state index is -4.88. The van der Waals surface area contributed by atoms with Gasteiger partial charge in [-0.2, -0.15) is 13.2 Å². The molecule has 2 atom stereocenters. The molecule has 0 N–H and O–H groups in total. The van der Waals surface area contributed by atoms with Gasteiger partial charge in [0.15, 0.2) is 15.6 Å². The first-order valence-corrected chi connectivity index (χ1v) is 9.35. The Labute approximate surface area is 137 Å². The van der Waals surface area contributed by atoms with Gasteiger partial charge in [-0.25, -0.2) is 12.8 Å². The lowest BCUT2D eigenvalue weighted by Crippen LogP contribution is -2.45. The van der Waals surface area contributed by atoms with Crippen LogP contribution in [0.3, 0.4) is 0 Å². The number of benzene rings is 1. The van der Waals surface area contributed by atoms with Crippen molar-refractivity contribution in [2.24, 2.45) is 5.92 Å². The van der Waals surface area contributed by atoms with Crippen molar-refractivity contribution in [3.05, 3.63) is 35.1 Å². The van der Waals surface area contributed by atoms with Gasteiger partial charge in [0.05, 0.1) is 16.1 Å². The molecular weight excluding hydrogens is 348 g/mol. The summed E-state index contributed by atoms with van der Waals surface area (Å²) in [5.41, 5.74) is -1.69. The van der Waals surface area contributed by atoms with Crippen LogP contribution < -0.4 is 0 Å². The molecule has 2 bridgehead atoms. The number of carbonyl (C=O) groups excluding carboxylic acids is 1. The SMILES string of the molecule is O=C(c1ccc(F)c(C(F)(F)F)c1)C1CC2CCCC(C1)S2(=O)=O. The average Bonchev–Trinajstić information content (AvgIpc) is 2.44. The molecule has 0 aromatic heterocycles. The number of alkyl halides is 3. The Morgan fingerprint density at radius 3 is 2.21 bits per heavy atom. The smallest absolute Gasteiger partial charge is 0.294 e. The van der Waals surface area contributed by atoms with Crippen LogP contribution in [0.1, 0.15) is 48.0 Å². The van der Waals surface area contributed by atoms with Gasteiger partial charge in [0.25, 0.3) is 0 Å². The van der Waals surface area contributed by atoms with Gasteiger partial charge in [-0.3, -0.25) is 4.79 Å². The summed E-state index contributed by atoms with van der Waals surface area (Å²) in [5.74, 6) is -2.59. The molecule has 0 aliphatic carbocycles. The first kappa shape index (κ1) is 17.4. The molecule has 0 spiro atoms. The molecule has 0 amide bonds. The van der Waals surface area contributed by atoms with Crippen molar-refractivity contribution >= 4 is 15.6 Å². The molecule has 0 radical (unpaired) electrons. The molecule has 8 heteroatoms. The standard InChI is InChI=1S/C16H16F4O3S/c17-14-5-4-9(8-13(14)16(18,19)20)15(21)10-6-11-2-1-3-12(7-10)24(11,22)23/h4-5,8,10-12H,1-3,6-7H2. The first-order valence-electron chi connectivity index (χ1n) is 7.74. The Morgan fingerprint density at radius 2 is 1.67 bits per heavy atom. The fourth-order valence-electron chi connectivity index (χ4n) is 3.75. The van der Waals surface area contributed by atoms with Gasteiger partial charge in [0.2, 0.25) is 0 Å². The van der Waals surface area contributed by atoms with Crippen molar-refractivity contribution in [3.63, 3.8) is 0 Å². The lowest BCUT2D eigenvalue weighted by atomic mass is 9.84. The highest BCUT2D eigenvalue weighted by Crippen LogP contribution is 2.41. The number of Topliss-reactive ketones (excluding diaryl/α,β-unsaturated/α-hetero) is 1. The second kappa shape index (κ2) is 5.82. The third-order valence-corrected chi connectivity index (χ3v) is 7.72. The molecule has 2 heterocycles. The van der Waals surface area contributed by atoms with E-state index < -0.39 is 49.6 Å². The molecule has 2 aliphatic heterocycles. The van der Waals surface area contributed by atoms with Gasteiger partial charge in [-0.15, -0.1) is 0 Å². The highest BCUT2D eigenvalue weighted by Gasteiger charge is 2.46. The van der Waals surface area contributed by atoms with Gasteiger partial charge >= 0.3 is 6.18 Å². The molecule has 3 nitrogen and oxygen atoms in total. The predicted octanol–water partition coefficient (Wildman–Crippen LogP) is 3.77. The third kappa shape index (κ3) is 2.96. The van der Waals surface area contributed by atoms with Crippen molar-refractivity contribution in [2.45, 2.75) is 48.8 Å². The van der Waals surface area contributed by atoms with E-state index in [4.69, 9.17) is 0 Å². The van der Waals surface area contributed by atoms with Crippen LogP contribution in [-0.4, -0.2) is 24.7 Å². The number of fused-ring (bicyclic) bond motifs is 2. The number of rotatable bonds is 2. The van der Waals surface area contributed by atoms with Gasteiger partial charge in [-0.1, -0.05) is 6.42 Å². The average molecular weight is 364 g/mol. The first-order chi connectivity index (χ1) is 11.1.